The van der Waals surface area contributed by atoms with Crippen LogP contribution >= 0.6 is 0 Å². The lowest BCUT2D eigenvalue weighted by molar-refractivity contribution is -0.147. The number of nitrogens with one attached hydrogen (secondary N) is 3. The Hall–Kier alpha value is -3.61. The molecule has 3 atom stereocenters. The molecule has 42 heavy (non-hydrogen) atoms. The summed E-state index contributed by atoms with van der Waals surface area (Å²) in [4.78, 5) is 51.6. The van der Waals surface area contributed by atoms with Crippen molar-refractivity contribution < 1.29 is 41.3 Å². The van der Waals surface area contributed by atoms with Gasteiger partial charge in [-0.15, -0.1) is 0 Å². The molecule has 236 valence electrons. The zero-order chi connectivity index (χ0) is 32.3. The number of aryl methyl sites for hydroxylation is 1. The second kappa shape index (κ2) is 16.1. The van der Waals surface area contributed by atoms with Crippen molar-refractivity contribution in [3.05, 3.63) is 41.8 Å². The van der Waals surface area contributed by atoms with Gasteiger partial charge in [0.05, 0.1) is 6.61 Å². The SMILES string of the molecule is CCOC(=O)[C@H](CC(C)C)NC(=O)/C(=C/OS(=O)(=O)c1ccc(C)cc1)NC(=O)[C@@H](NC(=O)OC(C)(C)C)C(C)CC. The van der Waals surface area contributed by atoms with Gasteiger partial charge in [-0.25, -0.2) is 9.59 Å². The zero-order valence-corrected chi connectivity index (χ0v) is 26.7. The fourth-order valence-corrected chi connectivity index (χ4v) is 4.33. The second-order valence-electron chi connectivity index (χ2n) is 11.3. The van der Waals surface area contributed by atoms with Gasteiger partial charge in [-0.3, -0.25) is 9.59 Å². The summed E-state index contributed by atoms with van der Waals surface area (Å²) in [6, 6.07) is 3.57. The Morgan fingerprint density at radius 1 is 0.976 bits per heavy atom. The molecule has 0 saturated carbocycles. The molecular formula is C29H45N3O9S. The average molecular weight is 612 g/mol. The molecule has 0 spiro atoms. The van der Waals surface area contributed by atoms with Crippen molar-refractivity contribution in [3.8, 4) is 0 Å². The lowest BCUT2D eigenvalue weighted by Crippen LogP contribution is -2.53. The van der Waals surface area contributed by atoms with E-state index in [4.69, 9.17) is 13.7 Å². The van der Waals surface area contributed by atoms with Crippen molar-refractivity contribution >= 4 is 34.0 Å². The standard InChI is InChI=1S/C29H45N3O9S/c1-10-20(6)24(32-28(36)41-29(7,8)9)26(34)31-23(17-40-42(37,38)21-14-12-19(5)13-15-21)25(33)30-22(16-18(3)4)27(35)39-11-2/h12-15,17-18,20,22,24H,10-11,16H2,1-9H3,(H,30,33)(H,31,34)(H,32,36)/b23-17-/t20?,22-,24-/m0/s1. The average Bonchev–Trinajstić information content (AvgIpc) is 2.87. The fourth-order valence-electron chi connectivity index (χ4n) is 3.52. The molecule has 13 heteroatoms. The van der Waals surface area contributed by atoms with Gasteiger partial charge in [-0.1, -0.05) is 51.8 Å². The highest BCUT2D eigenvalue weighted by molar-refractivity contribution is 7.86. The minimum Gasteiger partial charge on any atom is -0.464 e. The summed E-state index contributed by atoms with van der Waals surface area (Å²) >= 11 is 0. The highest BCUT2D eigenvalue weighted by atomic mass is 32.2. The van der Waals surface area contributed by atoms with Gasteiger partial charge in [0.15, 0.2) is 0 Å². The van der Waals surface area contributed by atoms with Crippen molar-refractivity contribution in [3.63, 3.8) is 0 Å². The van der Waals surface area contributed by atoms with Crippen molar-refractivity contribution in [1.29, 1.82) is 0 Å². The first-order chi connectivity index (χ1) is 19.4. The van der Waals surface area contributed by atoms with Crippen LogP contribution in [0, 0.1) is 18.8 Å². The largest absolute Gasteiger partial charge is 0.464 e. The third-order valence-corrected chi connectivity index (χ3v) is 7.06. The fraction of sp³-hybridized carbons (Fsp3) is 0.586. The number of hydrogen-bond donors (Lipinski definition) is 3. The number of benzene rings is 1. The molecule has 1 unspecified atom stereocenters. The number of carbonyl (C=O) groups excluding carboxylic acids is 4. The smallest absolute Gasteiger partial charge is 0.408 e. The zero-order valence-electron chi connectivity index (χ0n) is 25.9. The molecular weight excluding hydrogens is 566 g/mol. The second-order valence-corrected chi connectivity index (χ2v) is 12.9. The van der Waals surface area contributed by atoms with E-state index in [1.165, 1.54) is 12.1 Å². The molecule has 0 aliphatic heterocycles. The first-order valence-corrected chi connectivity index (χ1v) is 15.3. The van der Waals surface area contributed by atoms with Crippen LogP contribution in [-0.2, 0) is 38.2 Å². The van der Waals surface area contributed by atoms with Crippen molar-refractivity contribution in [1.82, 2.24) is 16.0 Å². The van der Waals surface area contributed by atoms with Crippen LogP contribution in [-0.4, -0.2) is 56.6 Å². The Balaban J connectivity index is 3.42. The third-order valence-electron chi connectivity index (χ3n) is 5.86. The van der Waals surface area contributed by atoms with Crippen LogP contribution in [0.15, 0.2) is 41.1 Å². The lowest BCUT2D eigenvalue weighted by Gasteiger charge is -2.26. The van der Waals surface area contributed by atoms with Gasteiger partial charge >= 0.3 is 22.2 Å². The number of alkyl carbamates (subject to hydrolysis) is 1. The van der Waals surface area contributed by atoms with E-state index in [-0.39, 0.29) is 23.8 Å². The van der Waals surface area contributed by atoms with E-state index in [1.807, 2.05) is 13.8 Å². The topological polar surface area (TPSA) is 166 Å². The molecule has 0 aromatic heterocycles. The van der Waals surface area contributed by atoms with Gasteiger partial charge < -0.3 is 29.6 Å². The Morgan fingerprint density at radius 3 is 2.07 bits per heavy atom. The Bertz CT molecular complexity index is 1220. The predicted octanol–water partition coefficient (Wildman–Crippen LogP) is 3.69. The third kappa shape index (κ3) is 12.5. The van der Waals surface area contributed by atoms with E-state index < -0.39 is 63.3 Å². The molecule has 0 radical (unpaired) electrons. The predicted molar refractivity (Wildman–Crippen MR) is 156 cm³/mol. The molecule has 0 saturated heterocycles. The summed E-state index contributed by atoms with van der Waals surface area (Å²) in [5, 5.41) is 7.36. The number of carbonyl (C=O) groups is 4. The Morgan fingerprint density at radius 2 is 1.57 bits per heavy atom. The summed E-state index contributed by atoms with van der Waals surface area (Å²) in [6.07, 6.45) is 0.414. The van der Waals surface area contributed by atoms with Crippen LogP contribution < -0.4 is 16.0 Å². The van der Waals surface area contributed by atoms with Crippen LogP contribution in [0.25, 0.3) is 0 Å². The van der Waals surface area contributed by atoms with Crippen LogP contribution in [0.4, 0.5) is 4.79 Å². The van der Waals surface area contributed by atoms with Crippen LogP contribution in [0.5, 0.6) is 0 Å². The first kappa shape index (κ1) is 36.4. The van der Waals surface area contributed by atoms with Gasteiger partial charge in [-0.2, -0.15) is 8.42 Å². The molecule has 0 heterocycles. The number of amides is 3. The summed E-state index contributed by atoms with van der Waals surface area (Å²) < 4.78 is 41.0. The Labute approximate surface area is 249 Å². The molecule has 12 nitrogen and oxygen atoms in total. The molecule has 0 aliphatic rings. The highest BCUT2D eigenvalue weighted by Gasteiger charge is 2.31. The number of hydrogen-bond acceptors (Lipinski definition) is 9. The maximum absolute atomic E-state index is 13.4. The summed E-state index contributed by atoms with van der Waals surface area (Å²) in [6.45, 7) is 15.7. The number of ether oxygens (including phenoxy) is 2. The van der Waals surface area contributed by atoms with E-state index in [2.05, 4.69) is 16.0 Å². The van der Waals surface area contributed by atoms with Gasteiger partial charge in [-0.05, 0) is 65.0 Å². The quantitative estimate of drug-likeness (QED) is 0.123. The number of esters is 1. The molecule has 1 aromatic carbocycles. The van der Waals surface area contributed by atoms with Crippen molar-refractivity contribution in [2.45, 2.75) is 97.7 Å². The van der Waals surface area contributed by atoms with Crippen LogP contribution in [0.1, 0.15) is 73.8 Å². The molecule has 0 bridgehead atoms. The van der Waals surface area contributed by atoms with Crippen LogP contribution in [0.2, 0.25) is 0 Å². The summed E-state index contributed by atoms with van der Waals surface area (Å²) in [5.74, 6) is -2.95. The Kier molecular flexibility index (Phi) is 14.0. The van der Waals surface area contributed by atoms with Gasteiger partial charge in [0, 0.05) is 0 Å². The monoisotopic (exact) mass is 611 g/mol. The van der Waals surface area contributed by atoms with Gasteiger partial charge in [0.1, 0.15) is 34.5 Å². The van der Waals surface area contributed by atoms with Gasteiger partial charge in [0.2, 0.25) is 5.91 Å². The molecule has 0 fully saturated rings. The van der Waals surface area contributed by atoms with Crippen LogP contribution in [0.3, 0.4) is 0 Å². The van der Waals surface area contributed by atoms with E-state index in [1.54, 1.807) is 60.6 Å². The summed E-state index contributed by atoms with van der Waals surface area (Å²) in [7, 11) is -4.38. The maximum Gasteiger partial charge on any atom is 0.408 e. The maximum atomic E-state index is 13.4. The van der Waals surface area contributed by atoms with Gasteiger partial charge in [0.25, 0.3) is 5.91 Å². The molecule has 1 rings (SSSR count). The first-order valence-electron chi connectivity index (χ1n) is 13.9. The lowest BCUT2D eigenvalue weighted by atomic mass is 9.98. The normalized spacial score (nSPS) is 14.3. The number of rotatable bonds is 14. The molecule has 0 aliphatic carbocycles. The van der Waals surface area contributed by atoms with E-state index in [0.29, 0.717) is 12.7 Å². The molecule has 3 amide bonds. The van der Waals surface area contributed by atoms with Crippen molar-refractivity contribution in [2.75, 3.05) is 6.61 Å². The summed E-state index contributed by atoms with van der Waals surface area (Å²) in [5.41, 5.74) is -0.615. The van der Waals surface area contributed by atoms with E-state index in [0.717, 1.165) is 5.56 Å². The molecule has 1 aromatic rings. The van der Waals surface area contributed by atoms with E-state index in [9.17, 15) is 27.6 Å². The van der Waals surface area contributed by atoms with E-state index >= 15 is 0 Å². The minimum atomic E-state index is -4.38. The van der Waals surface area contributed by atoms with Crippen molar-refractivity contribution in [2.24, 2.45) is 11.8 Å². The minimum absolute atomic E-state index is 0.0206. The molecule has 3 N–H and O–H groups in total. The highest BCUT2D eigenvalue weighted by Crippen LogP contribution is 2.16.